The Hall–Kier alpha value is -5.08. The van der Waals surface area contributed by atoms with Crippen molar-refractivity contribution in [1.82, 2.24) is 4.90 Å². The van der Waals surface area contributed by atoms with Gasteiger partial charge in [-0.15, -0.1) is 0 Å². The number of nitrogens with one attached hydrogen (secondary N) is 1. The predicted molar refractivity (Wildman–Crippen MR) is 203 cm³/mol. The van der Waals surface area contributed by atoms with Gasteiger partial charge in [0.15, 0.2) is 5.78 Å². The summed E-state index contributed by atoms with van der Waals surface area (Å²) in [6, 6.07) is 29.6. The number of fused-ring (bicyclic) bond motifs is 1. The molecule has 3 aliphatic rings. The van der Waals surface area contributed by atoms with Crippen molar-refractivity contribution < 1.29 is 24.2 Å². The number of benzene rings is 4. The number of phenols is 1. The Morgan fingerprint density at radius 1 is 0.885 bits per heavy atom. The molecule has 0 spiro atoms. The summed E-state index contributed by atoms with van der Waals surface area (Å²) < 4.78 is 6.06. The van der Waals surface area contributed by atoms with Crippen molar-refractivity contribution in [2.45, 2.75) is 70.9 Å². The highest BCUT2D eigenvalue weighted by molar-refractivity contribution is 6.31. The zero-order valence-electron chi connectivity index (χ0n) is 29.6. The molecule has 9 heteroatoms. The number of allylic oxidation sites excluding steroid dienone is 1. The summed E-state index contributed by atoms with van der Waals surface area (Å²) in [6.45, 7) is 5.68. The molecule has 1 atom stereocenters. The molecule has 1 saturated heterocycles. The molecule has 52 heavy (non-hydrogen) atoms. The van der Waals surface area contributed by atoms with Crippen LogP contribution in [0.2, 0.25) is 5.02 Å². The number of anilines is 2. The molecule has 1 unspecified atom stereocenters. The number of carbonyl (C=O) groups excluding carboxylic acids is 3. The molecule has 268 valence electrons. The number of hydrogen-bond donors (Lipinski definition) is 2. The fraction of sp³-hybridized carbons (Fsp3) is 0.326. The van der Waals surface area contributed by atoms with Crippen LogP contribution in [0.5, 0.6) is 11.5 Å². The number of Topliss-reactive ketones (excluding diaryl/α,β-unsaturated/α-hetero) is 1. The van der Waals surface area contributed by atoms with Gasteiger partial charge in [-0.25, -0.2) is 0 Å². The standard InChI is InChI=1S/C43H44ClN3O5/c1-43(2)25-34-40(37(49)26-43)42(32-17-16-31(24-33(32)44)52-27-28-10-5-3-6-11-28)47(35-14-9-15-36(48)41(35)45-34)39(51)19-18-38(50)46-22-20-30(21-23-46)29-12-7-4-8-13-29/h3-17,24,30,42,45,48H,18-23,25-27H2,1-2H3. The Morgan fingerprint density at radius 2 is 1.58 bits per heavy atom. The number of amides is 2. The normalized spacial score (nSPS) is 18.6. The van der Waals surface area contributed by atoms with E-state index in [0.717, 1.165) is 18.4 Å². The Balaban J connectivity index is 1.20. The zero-order chi connectivity index (χ0) is 36.4. The first-order chi connectivity index (χ1) is 25.1. The average molecular weight is 718 g/mol. The number of carbonyl (C=O) groups is 3. The van der Waals surface area contributed by atoms with Crippen LogP contribution < -0.4 is 15.0 Å². The molecule has 1 fully saturated rings. The van der Waals surface area contributed by atoms with Gasteiger partial charge in [-0.3, -0.25) is 19.3 Å². The van der Waals surface area contributed by atoms with E-state index in [2.05, 4.69) is 17.4 Å². The van der Waals surface area contributed by atoms with Crippen LogP contribution in [-0.2, 0) is 21.0 Å². The van der Waals surface area contributed by atoms with Crippen molar-refractivity contribution in [3.63, 3.8) is 0 Å². The molecule has 0 aromatic heterocycles. The molecule has 7 rings (SSSR count). The topological polar surface area (TPSA) is 99.2 Å². The molecule has 1 aliphatic carbocycles. The number of ether oxygens (including phenoxy) is 1. The molecular formula is C43H44ClN3O5. The minimum atomic E-state index is -0.908. The van der Waals surface area contributed by atoms with Crippen molar-refractivity contribution in [3.05, 3.63) is 130 Å². The summed E-state index contributed by atoms with van der Waals surface area (Å²) in [6.07, 6.45) is 2.48. The largest absolute Gasteiger partial charge is 0.506 e. The number of hydrogen-bond acceptors (Lipinski definition) is 6. The second kappa shape index (κ2) is 14.9. The van der Waals surface area contributed by atoms with Crippen LogP contribution >= 0.6 is 11.6 Å². The third-order valence-electron chi connectivity index (χ3n) is 10.5. The van der Waals surface area contributed by atoms with E-state index >= 15 is 0 Å². The lowest BCUT2D eigenvalue weighted by molar-refractivity contribution is -0.134. The van der Waals surface area contributed by atoms with Gasteiger partial charge in [-0.1, -0.05) is 98.2 Å². The second-order valence-electron chi connectivity index (χ2n) is 14.8. The number of rotatable bonds is 8. The van der Waals surface area contributed by atoms with Gasteiger partial charge in [0.25, 0.3) is 0 Å². The number of aromatic hydroxyl groups is 1. The van der Waals surface area contributed by atoms with Gasteiger partial charge in [0.1, 0.15) is 23.8 Å². The summed E-state index contributed by atoms with van der Waals surface area (Å²) in [7, 11) is 0. The van der Waals surface area contributed by atoms with Crippen LogP contribution in [0.3, 0.4) is 0 Å². The van der Waals surface area contributed by atoms with E-state index in [4.69, 9.17) is 16.3 Å². The molecule has 2 amide bonds. The first-order valence-corrected chi connectivity index (χ1v) is 18.4. The fourth-order valence-corrected chi connectivity index (χ4v) is 8.13. The van der Waals surface area contributed by atoms with Gasteiger partial charge in [0.05, 0.1) is 11.7 Å². The number of ketones is 1. The van der Waals surface area contributed by atoms with E-state index in [-0.39, 0.29) is 48.0 Å². The lowest BCUT2D eigenvalue weighted by atomic mass is 9.73. The number of likely N-dealkylation sites (tertiary alicyclic amines) is 1. The van der Waals surface area contributed by atoms with Crippen LogP contribution in [0.1, 0.15) is 81.0 Å². The number of halogens is 1. The van der Waals surface area contributed by atoms with Gasteiger partial charge in [-0.05, 0) is 71.6 Å². The molecule has 4 aromatic rings. The minimum Gasteiger partial charge on any atom is -0.506 e. The van der Waals surface area contributed by atoms with Gasteiger partial charge < -0.3 is 20.1 Å². The van der Waals surface area contributed by atoms with Crippen molar-refractivity contribution in [1.29, 1.82) is 0 Å². The molecule has 0 radical (unpaired) electrons. The number of para-hydroxylation sites is 1. The Morgan fingerprint density at radius 3 is 2.29 bits per heavy atom. The number of piperidine rings is 1. The van der Waals surface area contributed by atoms with Crippen molar-refractivity contribution in [2.24, 2.45) is 5.41 Å². The van der Waals surface area contributed by atoms with Crippen molar-refractivity contribution in [3.8, 4) is 11.5 Å². The molecular weight excluding hydrogens is 674 g/mol. The Bertz CT molecular complexity index is 2000. The van der Waals surface area contributed by atoms with E-state index in [0.29, 0.717) is 71.0 Å². The van der Waals surface area contributed by atoms with Crippen molar-refractivity contribution in [2.75, 3.05) is 23.3 Å². The highest BCUT2D eigenvalue weighted by Gasteiger charge is 2.44. The zero-order valence-corrected chi connectivity index (χ0v) is 30.4. The first kappa shape index (κ1) is 35.3. The summed E-state index contributed by atoms with van der Waals surface area (Å²) in [5.41, 5.74) is 4.31. The van der Waals surface area contributed by atoms with Crippen LogP contribution in [0, 0.1) is 5.41 Å². The van der Waals surface area contributed by atoms with E-state index in [9.17, 15) is 19.5 Å². The van der Waals surface area contributed by atoms with Crippen molar-refractivity contribution >= 4 is 40.6 Å². The fourth-order valence-electron chi connectivity index (χ4n) is 7.85. The highest BCUT2D eigenvalue weighted by Crippen LogP contribution is 2.51. The van der Waals surface area contributed by atoms with E-state index in [1.807, 2.05) is 67.3 Å². The van der Waals surface area contributed by atoms with Gasteiger partial charge >= 0.3 is 0 Å². The molecule has 2 aliphatic heterocycles. The van der Waals surface area contributed by atoms with Gasteiger partial charge in [0, 0.05) is 48.6 Å². The minimum absolute atomic E-state index is 0.0204. The molecule has 8 nitrogen and oxygen atoms in total. The second-order valence-corrected chi connectivity index (χ2v) is 15.2. The summed E-state index contributed by atoms with van der Waals surface area (Å²) >= 11 is 7.06. The third-order valence-corrected chi connectivity index (χ3v) is 10.8. The smallest absolute Gasteiger partial charge is 0.228 e. The quantitative estimate of drug-likeness (QED) is 0.177. The average Bonchev–Trinajstić information content (AvgIpc) is 3.28. The SMILES string of the molecule is CC1(C)CC(=O)C2=C(C1)Nc1c(O)cccc1N(C(=O)CCC(=O)N1CCC(c3ccccc3)CC1)C2c1ccc(OCc2ccccc2)cc1Cl. The summed E-state index contributed by atoms with van der Waals surface area (Å²) in [5, 5.41) is 14.9. The lowest BCUT2D eigenvalue weighted by Crippen LogP contribution is -2.41. The molecule has 0 bridgehead atoms. The summed E-state index contributed by atoms with van der Waals surface area (Å²) in [5.74, 6) is 0.374. The third kappa shape index (κ3) is 7.44. The molecule has 2 N–H and O–H groups in total. The van der Waals surface area contributed by atoms with Crippen LogP contribution in [0.15, 0.2) is 108 Å². The van der Waals surface area contributed by atoms with Gasteiger partial charge in [-0.2, -0.15) is 0 Å². The van der Waals surface area contributed by atoms with E-state index < -0.39 is 6.04 Å². The van der Waals surface area contributed by atoms with E-state index in [1.54, 1.807) is 41.3 Å². The highest BCUT2D eigenvalue weighted by atomic mass is 35.5. The molecule has 0 saturated carbocycles. The number of nitrogens with zero attached hydrogens (tertiary/aromatic N) is 2. The first-order valence-electron chi connectivity index (χ1n) is 18.0. The maximum Gasteiger partial charge on any atom is 0.228 e. The number of phenolic OH excluding ortho intramolecular Hbond substituents is 1. The van der Waals surface area contributed by atoms with Gasteiger partial charge in [0.2, 0.25) is 11.8 Å². The molecule has 4 aromatic carbocycles. The Kier molecular flexibility index (Phi) is 10.1. The lowest BCUT2D eigenvalue weighted by Gasteiger charge is -2.37. The predicted octanol–water partition coefficient (Wildman–Crippen LogP) is 8.95. The Labute approximate surface area is 310 Å². The monoisotopic (exact) mass is 717 g/mol. The maximum atomic E-state index is 14.6. The van der Waals surface area contributed by atoms with Crippen LogP contribution in [-0.4, -0.2) is 40.7 Å². The van der Waals surface area contributed by atoms with E-state index in [1.165, 1.54) is 5.56 Å². The molecule has 2 heterocycles. The maximum absolute atomic E-state index is 14.6. The van der Waals surface area contributed by atoms with Crippen LogP contribution in [0.25, 0.3) is 0 Å². The summed E-state index contributed by atoms with van der Waals surface area (Å²) in [4.78, 5) is 45.8. The van der Waals surface area contributed by atoms with Crippen LogP contribution in [0.4, 0.5) is 11.4 Å².